The van der Waals surface area contributed by atoms with Crippen molar-refractivity contribution in [3.8, 4) is 5.75 Å². The van der Waals surface area contributed by atoms with Gasteiger partial charge in [-0.3, -0.25) is 9.59 Å². The van der Waals surface area contributed by atoms with Crippen LogP contribution < -0.4 is 10.1 Å². The average molecular weight is 251 g/mol. The molecule has 0 heterocycles. The second kappa shape index (κ2) is 5.16. The van der Waals surface area contributed by atoms with Gasteiger partial charge in [0.1, 0.15) is 0 Å². The average Bonchev–Trinajstić information content (AvgIpc) is 3.11. The number of Topliss-reactive ketones (excluding diaryl/α,β-unsaturated/α-hetero) is 1. The molecule has 0 unspecified atom stereocenters. The van der Waals surface area contributed by atoms with E-state index in [1.807, 2.05) is 0 Å². The zero-order valence-corrected chi connectivity index (χ0v) is 10.0. The van der Waals surface area contributed by atoms with E-state index < -0.39 is 5.82 Å². The van der Waals surface area contributed by atoms with Crippen LogP contribution in [-0.2, 0) is 4.79 Å². The lowest BCUT2D eigenvalue weighted by Gasteiger charge is -2.08. The van der Waals surface area contributed by atoms with Crippen LogP contribution in [0.1, 0.15) is 30.1 Å². The maximum absolute atomic E-state index is 13.5. The van der Waals surface area contributed by atoms with Gasteiger partial charge in [0.2, 0.25) is 0 Å². The quantitative estimate of drug-likeness (QED) is 0.810. The number of ketones is 1. The van der Waals surface area contributed by atoms with E-state index in [1.54, 1.807) is 0 Å². The molecule has 1 saturated carbocycles. The van der Waals surface area contributed by atoms with Gasteiger partial charge in [0.25, 0.3) is 5.91 Å². The van der Waals surface area contributed by atoms with Crippen molar-refractivity contribution in [2.75, 3.05) is 6.61 Å². The Hall–Kier alpha value is -1.91. The Labute approximate surface area is 104 Å². The molecule has 2 rings (SSSR count). The first-order valence-electron chi connectivity index (χ1n) is 5.79. The number of ether oxygens (including phenoxy) is 1. The van der Waals surface area contributed by atoms with Gasteiger partial charge in [0.05, 0.1) is 0 Å². The minimum Gasteiger partial charge on any atom is -0.481 e. The van der Waals surface area contributed by atoms with E-state index in [-0.39, 0.29) is 35.7 Å². The van der Waals surface area contributed by atoms with Crippen molar-refractivity contribution in [1.29, 1.82) is 0 Å². The van der Waals surface area contributed by atoms with E-state index in [4.69, 9.17) is 4.74 Å². The summed E-state index contributed by atoms with van der Waals surface area (Å²) in [5, 5.41) is 2.73. The topological polar surface area (TPSA) is 55.4 Å². The highest BCUT2D eigenvalue weighted by Gasteiger charge is 2.23. The summed E-state index contributed by atoms with van der Waals surface area (Å²) in [6.45, 7) is 1.14. The molecule has 5 heteroatoms. The van der Waals surface area contributed by atoms with Crippen LogP contribution in [0.5, 0.6) is 5.75 Å². The molecular formula is C13H14FNO3. The first-order valence-corrected chi connectivity index (χ1v) is 5.79. The van der Waals surface area contributed by atoms with Crippen molar-refractivity contribution in [1.82, 2.24) is 5.32 Å². The SMILES string of the molecule is CC(=O)c1ccc(OCC(=O)NC2CC2)c(F)c1. The van der Waals surface area contributed by atoms with E-state index in [1.165, 1.54) is 19.1 Å². The first kappa shape index (κ1) is 12.5. The Balaban J connectivity index is 1.92. The number of carbonyl (C=O) groups is 2. The van der Waals surface area contributed by atoms with Crippen LogP contribution in [0.15, 0.2) is 18.2 Å². The lowest BCUT2D eigenvalue weighted by atomic mass is 10.1. The standard InChI is InChI=1S/C13H14FNO3/c1-8(16)9-2-5-12(11(14)6-9)18-7-13(17)15-10-3-4-10/h2,5-6,10H,3-4,7H2,1H3,(H,15,17). The molecule has 18 heavy (non-hydrogen) atoms. The number of nitrogens with one attached hydrogen (secondary N) is 1. The third-order valence-corrected chi connectivity index (χ3v) is 2.64. The van der Waals surface area contributed by atoms with Crippen molar-refractivity contribution in [3.05, 3.63) is 29.6 Å². The summed E-state index contributed by atoms with van der Waals surface area (Å²) in [5.74, 6) is -1.13. The van der Waals surface area contributed by atoms with Crippen molar-refractivity contribution in [3.63, 3.8) is 0 Å². The Bertz CT molecular complexity index is 483. The molecule has 0 aromatic heterocycles. The molecule has 1 aliphatic carbocycles. The van der Waals surface area contributed by atoms with Crippen molar-refractivity contribution < 1.29 is 18.7 Å². The summed E-state index contributed by atoms with van der Waals surface area (Å²) in [6, 6.07) is 4.19. The summed E-state index contributed by atoms with van der Waals surface area (Å²) in [7, 11) is 0. The van der Waals surface area contributed by atoms with Gasteiger partial charge in [0, 0.05) is 11.6 Å². The monoisotopic (exact) mass is 251 g/mol. The van der Waals surface area contributed by atoms with Crippen LogP contribution in [0.4, 0.5) is 4.39 Å². The molecule has 4 nitrogen and oxygen atoms in total. The fraction of sp³-hybridized carbons (Fsp3) is 0.385. The zero-order valence-electron chi connectivity index (χ0n) is 10.0. The Morgan fingerprint density at radius 3 is 2.72 bits per heavy atom. The van der Waals surface area contributed by atoms with Gasteiger partial charge in [-0.15, -0.1) is 0 Å². The van der Waals surface area contributed by atoms with Crippen LogP contribution in [-0.4, -0.2) is 24.3 Å². The summed E-state index contributed by atoms with van der Waals surface area (Å²) in [5.41, 5.74) is 0.280. The zero-order chi connectivity index (χ0) is 13.1. The number of hydrogen-bond donors (Lipinski definition) is 1. The molecule has 0 spiro atoms. The second-order valence-electron chi connectivity index (χ2n) is 4.33. The van der Waals surface area contributed by atoms with E-state index >= 15 is 0 Å². The molecule has 1 amide bonds. The number of amides is 1. The number of carbonyl (C=O) groups excluding carboxylic acids is 2. The summed E-state index contributed by atoms with van der Waals surface area (Å²) in [6.07, 6.45) is 1.99. The predicted octanol–water partition coefficient (Wildman–Crippen LogP) is 1.69. The van der Waals surface area contributed by atoms with Crippen LogP contribution in [0, 0.1) is 5.82 Å². The minimum atomic E-state index is -0.637. The lowest BCUT2D eigenvalue weighted by Crippen LogP contribution is -2.30. The van der Waals surface area contributed by atoms with Crippen molar-refractivity contribution >= 4 is 11.7 Å². The summed E-state index contributed by atoms with van der Waals surface area (Å²) < 4.78 is 18.6. The molecule has 1 fully saturated rings. The summed E-state index contributed by atoms with van der Waals surface area (Å²) in [4.78, 5) is 22.4. The van der Waals surface area contributed by atoms with E-state index in [0.29, 0.717) is 0 Å². The summed E-state index contributed by atoms with van der Waals surface area (Å²) >= 11 is 0. The number of halogens is 1. The molecule has 0 aliphatic heterocycles. The normalized spacial score (nSPS) is 14.1. The molecule has 1 N–H and O–H groups in total. The van der Waals surface area contributed by atoms with Gasteiger partial charge in [-0.05, 0) is 38.0 Å². The van der Waals surface area contributed by atoms with Crippen LogP contribution in [0.3, 0.4) is 0 Å². The Morgan fingerprint density at radius 2 is 2.17 bits per heavy atom. The highest BCUT2D eigenvalue weighted by molar-refractivity contribution is 5.94. The van der Waals surface area contributed by atoms with Crippen molar-refractivity contribution in [2.45, 2.75) is 25.8 Å². The van der Waals surface area contributed by atoms with Crippen LogP contribution in [0.25, 0.3) is 0 Å². The highest BCUT2D eigenvalue weighted by atomic mass is 19.1. The maximum atomic E-state index is 13.5. The number of benzene rings is 1. The minimum absolute atomic E-state index is 0.0223. The predicted molar refractivity (Wildman–Crippen MR) is 63.1 cm³/mol. The lowest BCUT2D eigenvalue weighted by molar-refractivity contribution is -0.123. The molecule has 0 radical (unpaired) electrons. The largest absolute Gasteiger partial charge is 0.481 e. The second-order valence-corrected chi connectivity index (χ2v) is 4.33. The molecule has 1 aliphatic rings. The van der Waals surface area contributed by atoms with Gasteiger partial charge in [-0.25, -0.2) is 4.39 Å². The van der Waals surface area contributed by atoms with Crippen molar-refractivity contribution in [2.24, 2.45) is 0 Å². The first-order chi connectivity index (χ1) is 8.56. The molecule has 1 aromatic rings. The van der Waals surface area contributed by atoms with E-state index in [0.717, 1.165) is 18.9 Å². The van der Waals surface area contributed by atoms with Gasteiger partial charge in [0.15, 0.2) is 24.0 Å². The smallest absolute Gasteiger partial charge is 0.258 e. The van der Waals surface area contributed by atoms with Gasteiger partial charge >= 0.3 is 0 Å². The molecule has 0 bridgehead atoms. The van der Waals surface area contributed by atoms with Crippen LogP contribution >= 0.6 is 0 Å². The third kappa shape index (κ3) is 3.29. The molecule has 1 aromatic carbocycles. The molecule has 0 saturated heterocycles. The maximum Gasteiger partial charge on any atom is 0.258 e. The molecule has 96 valence electrons. The fourth-order valence-electron chi connectivity index (χ4n) is 1.48. The molecular weight excluding hydrogens is 237 g/mol. The fourth-order valence-corrected chi connectivity index (χ4v) is 1.48. The number of rotatable bonds is 5. The molecule has 0 atom stereocenters. The number of hydrogen-bond acceptors (Lipinski definition) is 3. The van der Waals surface area contributed by atoms with E-state index in [2.05, 4.69) is 5.32 Å². The van der Waals surface area contributed by atoms with Crippen LogP contribution in [0.2, 0.25) is 0 Å². The van der Waals surface area contributed by atoms with Gasteiger partial charge in [-0.2, -0.15) is 0 Å². The Morgan fingerprint density at radius 1 is 1.44 bits per heavy atom. The Kier molecular flexibility index (Phi) is 3.60. The van der Waals surface area contributed by atoms with Gasteiger partial charge < -0.3 is 10.1 Å². The van der Waals surface area contributed by atoms with Gasteiger partial charge in [-0.1, -0.05) is 0 Å². The van der Waals surface area contributed by atoms with E-state index in [9.17, 15) is 14.0 Å². The third-order valence-electron chi connectivity index (χ3n) is 2.64. The highest BCUT2D eigenvalue weighted by Crippen LogP contribution is 2.20.